The Hall–Kier alpha value is -1.82. The predicted molar refractivity (Wildman–Crippen MR) is 90.8 cm³/mol. The molecule has 1 aliphatic heterocycles. The van der Waals surface area contributed by atoms with E-state index in [0.29, 0.717) is 25.5 Å². The quantitative estimate of drug-likeness (QED) is 0.485. The highest BCUT2D eigenvalue weighted by Gasteiger charge is 2.19. The van der Waals surface area contributed by atoms with Crippen LogP contribution < -0.4 is 0 Å². The second-order valence-electron chi connectivity index (χ2n) is 6.08. The number of hydrogen-bond acceptors (Lipinski definition) is 5. The fourth-order valence-electron chi connectivity index (χ4n) is 2.97. The van der Waals surface area contributed by atoms with Gasteiger partial charge in [-0.1, -0.05) is 0 Å². The summed E-state index contributed by atoms with van der Waals surface area (Å²) < 4.78 is 10.2. The molecule has 0 N–H and O–H groups in total. The lowest BCUT2D eigenvalue weighted by molar-refractivity contribution is -0.143. The van der Waals surface area contributed by atoms with E-state index in [1.54, 1.807) is 24.0 Å². The molecule has 1 amide bonds. The molecule has 2 rings (SSSR count). The minimum atomic E-state index is -0.271. The van der Waals surface area contributed by atoms with Gasteiger partial charge in [-0.25, -0.2) is 0 Å². The fraction of sp³-hybridized carbons (Fsp3) is 0.667. The first kappa shape index (κ1) is 18.5. The lowest BCUT2D eigenvalue weighted by atomic mass is 10.2. The van der Waals surface area contributed by atoms with Crippen LogP contribution in [0.3, 0.4) is 0 Å². The number of furan rings is 1. The normalized spacial score (nSPS) is 14.7. The molecule has 1 aliphatic rings. The van der Waals surface area contributed by atoms with E-state index in [1.165, 1.54) is 32.2 Å². The molecule has 0 spiro atoms. The second kappa shape index (κ2) is 10.1. The van der Waals surface area contributed by atoms with Crippen LogP contribution in [0.25, 0.3) is 0 Å². The minimum absolute atomic E-state index is 0.162. The van der Waals surface area contributed by atoms with Crippen LogP contribution in [0.1, 0.15) is 49.6 Å². The third-order valence-corrected chi connectivity index (χ3v) is 4.26. The Morgan fingerprint density at radius 3 is 2.71 bits per heavy atom. The molecular formula is C18H28N2O4. The number of carbonyl (C=O) groups is 2. The number of amides is 1. The van der Waals surface area contributed by atoms with E-state index in [0.717, 1.165) is 19.4 Å². The van der Waals surface area contributed by atoms with Gasteiger partial charge >= 0.3 is 5.97 Å². The molecule has 0 atom stereocenters. The van der Waals surface area contributed by atoms with Crippen LogP contribution in [0.4, 0.5) is 0 Å². The van der Waals surface area contributed by atoms with E-state index in [1.807, 2.05) is 0 Å². The van der Waals surface area contributed by atoms with Crippen molar-refractivity contribution in [1.82, 2.24) is 9.80 Å². The monoisotopic (exact) mass is 336 g/mol. The van der Waals surface area contributed by atoms with Gasteiger partial charge in [-0.3, -0.25) is 9.59 Å². The standard InChI is InChI=1S/C18H28N2O4/c1-2-23-17(21)9-14-20(18(22)16-8-7-15-24-16)13-6-5-12-19-10-3-4-11-19/h7-8,15H,2-6,9-14H2,1H3. The Morgan fingerprint density at radius 1 is 1.25 bits per heavy atom. The summed E-state index contributed by atoms with van der Waals surface area (Å²) in [5.41, 5.74) is 0. The van der Waals surface area contributed by atoms with Gasteiger partial charge in [0.15, 0.2) is 5.76 Å². The first-order valence-electron chi connectivity index (χ1n) is 8.91. The Kier molecular flexibility index (Phi) is 7.82. The first-order valence-corrected chi connectivity index (χ1v) is 8.91. The number of nitrogens with zero attached hydrogens (tertiary/aromatic N) is 2. The number of ether oxygens (including phenoxy) is 1. The molecule has 6 heteroatoms. The Bertz CT molecular complexity index is 495. The van der Waals surface area contributed by atoms with E-state index in [4.69, 9.17) is 9.15 Å². The zero-order chi connectivity index (χ0) is 17.2. The highest BCUT2D eigenvalue weighted by Crippen LogP contribution is 2.11. The molecule has 2 heterocycles. The second-order valence-corrected chi connectivity index (χ2v) is 6.08. The molecule has 0 aliphatic carbocycles. The van der Waals surface area contributed by atoms with Crippen molar-refractivity contribution in [3.05, 3.63) is 24.2 Å². The van der Waals surface area contributed by atoms with Gasteiger partial charge in [-0.15, -0.1) is 0 Å². The smallest absolute Gasteiger partial charge is 0.307 e. The largest absolute Gasteiger partial charge is 0.466 e. The van der Waals surface area contributed by atoms with Crippen molar-refractivity contribution in [1.29, 1.82) is 0 Å². The van der Waals surface area contributed by atoms with Crippen molar-refractivity contribution in [3.8, 4) is 0 Å². The van der Waals surface area contributed by atoms with Crippen LogP contribution in [-0.4, -0.2) is 61.0 Å². The van der Waals surface area contributed by atoms with Crippen LogP contribution in [-0.2, 0) is 9.53 Å². The van der Waals surface area contributed by atoms with Gasteiger partial charge in [0.05, 0.1) is 19.3 Å². The molecule has 1 aromatic heterocycles. The summed E-state index contributed by atoms with van der Waals surface area (Å²) in [5, 5.41) is 0. The van der Waals surface area contributed by atoms with Crippen LogP contribution in [0.2, 0.25) is 0 Å². The maximum atomic E-state index is 12.5. The summed E-state index contributed by atoms with van der Waals surface area (Å²) in [7, 11) is 0. The number of unbranched alkanes of at least 4 members (excludes halogenated alkanes) is 1. The Balaban J connectivity index is 1.79. The van der Waals surface area contributed by atoms with Gasteiger partial charge < -0.3 is 19.0 Å². The molecule has 0 aromatic carbocycles. The van der Waals surface area contributed by atoms with Crippen molar-refractivity contribution >= 4 is 11.9 Å². The van der Waals surface area contributed by atoms with E-state index >= 15 is 0 Å². The van der Waals surface area contributed by atoms with Crippen LogP contribution in [0.5, 0.6) is 0 Å². The highest BCUT2D eigenvalue weighted by atomic mass is 16.5. The number of esters is 1. The average molecular weight is 336 g/mol. The van der Waals surface area contributed by atoms with Gasteiger partial charge in [0, 0.05) is 13.1 Å². The molecule has 0 bridgehead atoms. The van der Waals surface area contributed by atoms with Crippen LogP contribution >= 0.6 is 0 Å². The lowest BCUT2D eigenvalue weighted by Crippen LogP contribution is -2.34. The van der Waals surface area contributed by atoms with Gasteiger partial charge in [-0.05, 0) is 64.4 Å². The predicted octanol–water partition coefficient (Wildman–Crippen LogP) is 2.55. The highest BCUT2D eigenvalue weighted by molar-refractivity contribution is 5.91. The zero-order valence-corrected chi connectivity index (χ0v) is 14.5. The number of likely N-dealkylation sites (tertiary alicyclic amines) is 1. The summed E-state index contributed by atoms with van der Waals surface area (Å²) in [6.07, 6.45) is 6.27. The van der Waals surface area contributed by atoms with E-state index in [2.05, 4.69) is 4.90 Å². The SMILES string of the molecule is CCOC(=O)CCN(CCCCN1CCCC1)C(=O)c1ccco1. The third kappa shape index (κ3) is 6.00. The van der Waals surface area contributed by atoms with Crippen LogP contribution in [0, 0.1) is 0 Å². The molecule has 0 radical (unpaired) electrons. The summed E-state index contributed by atoms with van der Waals surface area (Å²) in [5.74, 6) is -0.115. The number of carbonyl (C=O) groups excluding carboxylic acids is 2. The average Bonchev–Trinajstić information content (AvgIpc) is 3.27. The molecule has 6 nitrogen and oxygen atoms in total. The minimum Gasteiger partial charge on any atom is -0.466 e. The lowest BCUT2D eigenvalue weighted by Gasteiger charge is -2.22. The van der Waals surface area contributed by atoms with E-state index < -0.39 is 0 Å². The maximum absolute atomic E-state index is 12.5. The summed E-state index contributed by atoms with van der Waals surface area (Å²) >= 11 is 0. The Morgan fingerprint density at radius 2 is 2.04 bits per heavy atom. The molecule has 1 saturated heterocycles. The van der Waals surface area contributed by atoms with E-state index in [9.17, 15) is 9.59 Å². The molecule has 24 heavy (non-hydrogen) atoms. The zero-order valence-electron chi connectivity index (χ0n) is 14.5. The fourth-order valence-corrected chi connectivity index (χ4v) is 2.97. The summed E-state index contributed by atoms with van der Waals surface area (Å²) in [4.78, 5) is 28.2. The summed E-state index contributed by atoms with van der Waals surface area (Å²) in [6.45, 7) is 6.61. The molecule has 1 aromatic rings. The van der Waals surface area contributed by atoms with E-state index in [-0.39, 0.29) is 18.3 Å². The third-order valence-electron chi connectivity index (χ3n) is 4.26. The number of rotatable bonds is 10. The van der Waals surface area contributed by atoms with Crippen molar-refractivity contribution in [3.63, 3.8) is 0 Å². The molecule has 1 fully saturated rings. The maximum Gasteiger partial charge on any atom is 0.307 e. The summed E-state index contributed by atoms with van der Waals surface area (Å²) in [6, 6.07) is 3.36. The van der Waals surface area contributed by atoms with Gasteiger partial charge in [0.25, 0.3) is 5.91 Å². The molecular weight excluding hydrogens is 308 g/mol. The van der Waals surface area contributed by atoms with Crippen molar-refractivity contribution in [2.24, 2.45) is 0 Å². The Labute approximate surface area is 143 Å². The first-order chi connectivity index (χ1) is 11.7. The molecule has 134 valence electrons. The van der Waals surface area contributed by atoms with Crippen molar-refractivity contribution in [2.45, 2.75) is 39.0 Å². The van der Waals surface area contributed by atoms with Gasteiger partial charge in [0.2, 0.25) is 0 Å². The van der Waals surface area contributed by atoms with Gasteiger partial charge in [-0.2, -0.15) is 0 Å². The topological polar surface area (TPSA) is 63.0 Å². The van der Waals surface area contributed by atoms with Crippen LogP contribution in [0.15, 0.2) is 22.8 Å². The van der Waals surface area contributed by atoms with Crippen molar-refractivity contribution < 1.29 is 18.7 Å². The molecule has 0 saturated carbocycles. The van der Waals surface area contributed by atoms with Gasteiger partial charge in [0.1, 0.15) is 0 Å². The van der Waals surface area contributed by atoms with Crippen molar-refractivity contribution in [2.75, 3.05) is 39.3 Å². The number of hydrogen-bond donors (Lipinski definition) is 0. The molecule has 0 unspecified atom stereocenters.